The molecule has 188 valence electrons. The van der Waals surface area contributed by atoms with Crippen LogP contribution < -0.4 is 10.6 Å². The zero-order valence-electron chi connectivity index (χ0n) is 20.3. The highest BCUT2D eigenvalue weighted by Crippen LogP contribution is 2.10. The summed E-state index contributed by atoms with van der Waals surface area (Å²) in [4.78, 5) is 30.2. The molecule has 0 fully saturated rings. The molecule has 1 heterocycles. The summed E-state index contributed by atoms with van der Waals surface area (Å²) in [6.45, 7) is 0.113. The van der Waals surface area contributed by atoms with Gasteiger partial charge in [0.2, 0.25) is 11.8 Å². The van der Waals surface area contributed by atoms with Crippen LogP contribution in [0.25, 0.3) is 6.08 Å². The summed E-state index contributed by atoms with van der Waals surface area (Å²) in [6, 6.07) is 27.6. The lowest BCUT2D eigenvalue weighted by atomic mass is 10.0. The number of oxazole rings is 1. The summed E-state index contributed by atoms with van der Waals surface area (Å²) >= 11 is 0. The zero-order chi connectivity index (χ0) is 25.7. The Labute approximate surface area is 216 Å². The molecule has 3 aromatic carbocycles. The molecule has 0 radical (unpaired) electrons. The maximum Gasteiger partial charge on any atom is 0.408 e. The Kier molecular flexibility index (Phi) is 9.24. The van der Waals surface area contributed by atoms with E-state index in [1.807, 2.05) is 97.1 Å². The third-order valence-electron chi connectivity index (χ3n) is 5.65. The van der Waals surface area contributed by atoms with E-state index in [1.54, 1.807) is 12.3 Å². The van der Waals surface area contributed by atoms with Gasteiger partial charge >= 0.3 is 6.09 Å². The van der Waals surface area contributed by atoms with Gasteiger partial charge in [0.25, 0.3) is 0 Å². The predicted octanol–water partition coefficient (Wildman–Crippen LogP) is 4.95. The predicted molar refractivity (Wildman–Crippen MR) is 141 cm³/mol. The molecular weight excluding hydrogens is 466 g/mol. The third kappa shape index (κ3) is 8.50. The second kappa shape index (κ2) is 13.4. The molecule has 0 aliphatic heterocycles. The lowest BCUT2D eigenvalue weighted by molar-refractivity contribution is -0.123. The minimum Gasteiger partial charge on any atom is -0.445 e. The second-order valence-electron chi connectivity index (χ2n) is 8.48. The van der Waals surface area contributed by atoms with Crippen LogP contribution in [-0.2, 0) is 29.0 Å². The number of rotatable bonds is 11. The van der Waals surface area contributed by atoms with Crippen LogP contribution in [0.5, 0.6) is 0 Å². The van der Waals surface area contributed by atoms with Crippen LogP contribution in [0.15, 0.2) is 114 Å². The Morgan fingerprint density at radius 3 is 2.00 bits per heavy atom. The van der Waals surface area contributed by atoms with E-state index in [0.29, 0.717) is 18.7 Å². The first kappa shape index (κ1) is 25.4. The number of hydrogen-bond acceptors (Lipinski definition) is 5. The molecule has 0 aliphatic carbocycles. The van der Waals surface area contributed by atoms with Crippen LogP contribution in [0.2, 0.25) is 0 Å². The average molecular weight is 496 g/mol. The highest BCUT2D eigenvalue weighted by Gasteiger charge is 2.24. The number of aromatic nitrogens is 1. The fraction of sp³-hybridized carbons (Fsp3) is 0.167. The summed E-state index contributed by atoms with van der Waals surface area (Å²) in [5.74, 6) is 0.120. The lowest BCUT2D eigenvalue weighted by Crippen LogP contribution is -2.50. The molecule has 4 aromatic rings. The molecular formula is C30H29N3O4. The molecule has 0 unspecified atom stereocenters. The van der Waals surface area contributed by atoms with E-state index in [0.717, 1.165) is 16.7 Å². The van der Waals surface area contributed by atoms with Gasteiger partial charge < -0.3 is 19.8 Å². The SMILES string of the molecule is O=C(N[C@@H](Cc1ccccc1)C(=O)N[C@H](/C=C/c1ncco1)Cc1ccccc1)OCc1ccccc1. The highest BCUT2D eigenvalue weighted by atomic mass is 16.5. The van der Waals surface area contributed by atoms with E-state index in [1.165, 1.54) is 6.26 Å². The fourth-order valence-corrected chi connectivity index (χ4v) is 3.80. The van der Waals surface area contributed by atoms with Gasteiger partial charge in [-0.05, 0) is 29.2 Å². The highest BCUT2D eigenvalue weighted by molar-refractivity contribution is 5.86. The maximum atomic E-state index is 13.5. The van der Waals surface area contributed by atoms with E-state index in [4.69, 9.17) is 9.15 Å². The number of carbonyl (C=O) groups is 2. The second-order valence-corrected chi connectivity index (χ2v) is 8.48. The van der Waals surface area contributed by atoms with Crippen LogP contribution in [0, 0.1) is 0 Å². The van der Waals surface area contributed by atoms with Gasteiger partial charge in [-0.1, -0.05) is 97.1 Å². The van der Waals surface area contributed by atoms with Gasteiger partial charge in [0.05, 0.1) is 12.2 Å². The summed E-state index contributed by atoms with van der Waals surface area (Å²) in [6.07, 6.45) is 6.83. The first-order valence-electron chi connectivity index (χ1n) is 12.1. The monoisotopic (exact) mass is 495 g/mol. The molecule has 7 heteroatoms. The van der Waals surface area contributed by atoms with Crippen LogP contribution in [0.4, 0.5) is 4.79 Å². The standard InChI is InChI=1S/C30H29N3O4/c34-29(32-26(16-17-28-31-18-19-36-28)20-23-10-4-1-5-11-23)27(21-24-12-6-2-7-13-24)33-30(35)37-22-25-14-8-3-9-15-25/h1-19,26-27H,20-22H2,(H,32,34)(H,33,35)/b17-16+/t26-,27+/m1/s1. The molecule has 0 saturated heterocycles. The smallest absolute Gasteiger partial charge is 0.408 e. The lowest BCUT2D eigenvalue weighted by Gasteiger charge is -2.22. The van der Waals surface area contributed by atoms with Crippen molar-refractivity contribution >= 4 is 18.1 Å². The van der Waals surface area contributed by atoms with Crippen molar-refractivity contribution in [3.63, 3.8) is 0 Å². The van der Waals surface area contributed by atoms with E-state index in [-0.39, 0.29) is 18.6 Å². The van der Waals surface area contributed by atoms with Crippen molar-refractivity contribution in [1.29, 1.82) is 0 Å². The minimum absolute atomic E-state index is 0.113. The van der Waals surface area contributed by atoms with E-state index >= 15 is 0 Å². The molecule has 1 aromatic heterocycles. The first-order chi connectivity index (χ1) is 18.2. The number of ether oxygens (including phenoxy) is 1. The van der Waals surface area contributed by atoms with Crippen LogP contribution in [-0.4, -0.2) is 29.1 Å². The van der Waals surface area contributed by atoms with Crippen LogP contribution in [0.1, 0.15) is 22.6 Å². The van der Waals surface area contributed by atoms with E-state index in [2.05, 4.69) is 15.6 Å². The van der Waals surface area contributed by atoms with E-state index < -0.39 is 12.1 Å². The Morgan fingerprint density at radius 2 is 1.41 bits per heavy atom. The largest absolute Gasteiger partial charge is 0.445 e. The number of alkyl carbamates (subject to hydrolysis) is 1. The van der Waals surface area contributed by atoms with Crippen molar-refractivity contribution in [2.45, 2.75) is 31.5 Å². The van der Waals surface area contributed by atoms with Gasteiger partial charge in [-0.25, -0.2) is 9.78 Å². The van der Waals surface area contributed by atoms with Crippen molar-refractivity contribution in [2.24, 2.45) is 0 Å². The molecule has 0 saturated carbocycles. The van der Waals surface area contributed by atoms with Gasteiger partial charge in [-0.3, -0.25) is 4.79 Å². The van der Waals surface area contributed by atoms with Gasteiger partial charge in [0.15, 0.2) is 0 Å². The molecule has 7 nitrogen and oxygen atoms in total. The zero-order valence-corrected chi connectivity index (χ0v) is 20.3. The number of hydrogen-bond donors (Lipinski definition) is 2. The van der Waals surface area contributed by atoms with Gasteiger partial charge in [0.1, 0.15) is 18.9 Å². The van der Waals surface area contributed by atoms with Crippen molar-refractivity contribution in [3.05, 3.63) is 132 Å². The first-order valence-corrected chi connectivity index (χ1v) is 12.1. The summed E-state index contributed by atoms with van der Waals surface area (Å²) < 4.78 is 10.7. The summed E-state index contributed by atoms with van der Waals surface area (Å²) in [5.41, 5.74) is 2.84. The van der Waals surface area contributed by atoms with Gasteiger partial charge in [-0.15, -0.1) is 0 Å². The van der Waals surface area contributed by atoms with Crippen molar-refractivity contribution in [3.8, 4) is 0 Å². The summed E-state index contributed by atoms with van der Waals surface area (Å²) in [5, 5.41) is 5.81. The van der Waals surface area contributed by atoms with Gasteiger partial charge in [0, 0.05) is 6.42 Å². The Balaban J connectivity index is 1.47. The number of amides is 2. The van der Waals surface area contributed by atoms with Crippen molar-refractivity contribution in [2.75, 3.05) is 0 Å². The van der Waals surface area contributed by atoms with Crippen molar-refractivity contribution < 1.29 is 18.7 Å². The van der Waals surface area contributed by atoms with E-state index in [9.17, 15) is 9.59 Å². The maximum absolute atomic E-state index is 13.5. The average Bonchev–Trinajstić information content (AvgIpc) is 3.46. The number of nitrogens with one attached hydrogen (secondary N) is 2. The molecule has 2 amide bonds. The molecule has 2 N–H and O–H groups in total. The van der Waals surface area contributed by atoms with Crippen molar-refractivity contribution in [1.82, 2.24) is 15.6 Å². The number of benzene rings is 3. The number of carbonyl (C=O) groups excluding carboxylic acids is 2. The third-order valence-corrected chi connectivity index (χ3v) is 5.65. The quantitative estimate of drug-likeness (QED) is 0.307. The molecule has 0 aliphatic rings. The topological polar surface area (TPSA) is 93.5 Å². The molecule has 4 rings (SSSR count). The Morgan fingerprint density at radius 1 is 0.811 bits per heavy atom. The minimum atomic E-state index is -0.834. The molecule has 0 bridgehead atoms. The van der Waals surface area contributed by atoms with Crippen LogP contribution >= 0.6 is 0 Å². The number of nitrogens with zero attached hydrogens (tertiary/aromatic N) is 1. The Hall–Kier alpha value is -4.65. The Bertz CT molecular complexity index is 1260. The van der Waals surface area contributed by atoms with Gasteiger partial charge in [-0.2, -0.15) is 0 Å². The molecule has 0 spiro atoms. The normalized spacial score (nSPS) is 12.5. The van der Waals surface area contributed by atoms with Crippen LogP contribution in [0.3, 0.4) is 0 Å². The summed E-state index contributed by atoms with van der Waals surface area (Å²) in [7, 11) is 0. The fourth-order valence-electron chi connectivity index (χ4n) is 3.80. The molecule has 37 heavy (non-hydrogen) atoms. The molecule has 2 atom stereocenters.